The topological polar surface area (TPSA) is 41.6 Å². The molecule has 4 rings (SSSR count). The second-order valence-electron chi connectivity index (χ2n) is 7.06. The van der Waals surface area contributed by atoms with Crippen LogP contribution >= 0.6 is 0 Å². The number of carbonyl (C=O) groups is 1. The van der Waals surface area contributed by atoms with E-state index in [2.05, 4.69) is 10.2 Å². The highest BCUT2D eigenvalue weighted by Gasteiger charge is 2.45. The second-order valence-corrected chi connectivity index (χ2v) is 7.06. The Morgan fingerprint density at radius 3 is 2.87 bits per heavy atom. The van der Waals surface area contributed by atoms with Gasteiger partial charge in [-0.1, -0.05) is 18.2 Å². The van der Waals surface area contributed by atoms with Crippen LogP contribution in [-0.4, -0.2) is 42.1 Å². The zero-order chi connectivity index (χ0) is 15.8. The Kier molecular flexibility index (Phi) is 4.07. The number of benzene rings is 1. The lowest BCUT2D eigenvalue weighted by molar-refractivity contribution is -0.129. The molecule has 0 radical (unpaired) electrons. The number of ether oxygens (including phenoxy) is 1. The Morgan fingerprint density at radius 1 is 1.30 bits per heavy atom. The average Bonchev–Trinajstić information content (AvgIpc) is 2.80. The van der Waals surface area contributed by atoms with Gasteiger partial charge >= 0.3 is 0 Å². The van der Waals surface area contributed by atoms with Crippen molar-refractivity contribution in [3.63, 3.8) is 0 Å². The molecule has 1 aromatic carbocycles. The summed E-state index contributed by atoms with van der Waals surface area (Å²) in [5, 5.41) is 3.15. The van der Waals surface area contributed by atoms with Gasteiger partial charge in [0.2, 0.25) is 5.91 Å². The van der Waals surface area contributed by atoms with Gasteiger partial charge in [-0.25, -0.2) is 4.39 Å². The zero-order valence-electron chi connectivity index (χ0n) is 13.2. The third kappa shape index (κ3) is 3.12. The molecular formula is C18H23FN2O2. The number of rotatable bonds is 4. The minimum atomic E-state index is -0.161. The molecule has 0 aromatic heterocycles. The van der Waals surface area contributed by atoms with E-state index in [-0.39, 0.29) is 29.9 Å². The lowest BCUT2D eigenvalue weighted by Gasteiger charge is -2.33. The van der Waals surface area contributed by atoms with Crippen molar-refractivity contribution in [2.45, 2.75) is 50.5 Å². The first-order valence-corrected chi connectivity index (χ1v) is 8.60. The standard InChI is InChI=1S/C18H23FN2O2/c19-16-7-2-1-4-12(16)9-21-10-14-8-15(17(11-21)23-14)18(22)20-13-5-3-6-13/h1-2,4,7,13-15,17H,3,5-6,8-11H2,(H,20,22)/t14-,15+,17-/m0/s1. The maximum Gasteiger partial charge on any atom is 0.226 e. The molecule has 23 heavy (non-hydrogen) atoms. The summed E-state index contributed by atoms with van der Waals surface area (Å²) >= 11 is 0. The van der Waals surface area contributed by atoms with Crippen LogP contribution in [0.2, 0.25) is 0 Å². The Balaban J connectivity index is 1.38. The molecule has 124 valence electrons. The number of likely N-dealkylation sites (tertiary alicyclic amines) is 1. The molecule has 0 unspecified atom stereocenters. The molecule has 0 spiro atoms. The molecule has 3 atom stereocenters. The molecular weight excluding hydrogens is 295 g/mol. The predicted octanol–water partition coefficient (Wildman–Crippen LogP) is 2.08. The number of morpholine rings is 1. The van der Waals surface area contributed by atoms with Gasteiger partial charge in [-0.15, -0.1) is 0 Å². The summed E-state index contributed by atoms with van der Waals surface area (Å²) in [7, 11) is 0. The van der Waals surface area contributed by atoms with Crippen molar-refractivity contribution in [2.24, 2.45) is 5.92 Å². The first-order chi connectivity index (χ1) is 11.2. The molecule has 1 saturated carbocycles. The van der Waals surface area contributed by atoms with Crippen molar-refractivity contribution >= 4 is 5.91 Å². The van der Waals surface area contributed by atoms with Crippen molar-refractivity contribution in [3.8, 4) is 0 Å². The van der Waals surface area contributed by atoms with Crippen molar-refractivity contribution in [1.82, 2.24) is 10.2 Å². The Morgan fingerprint density at radius 2 is 2.13 bits per heavy atom. The van der Waals surface area contributed by atoms with E-state index >= 15 is 0 Å². The number of hydrogen-bond acceptors (Lipinski definition) is 3. The van der Waals surface area contributed by atoms with Crippen molar-refractivity contribution in [3.05, 3.63) is 35.6 Å². The molecule has 3 fully saturated rings. The van der Waals surface area contributed by atoms with E-state index in [9.17, 15) is 9.18 Å². The van der Waals surface area contributed by atoms with E-state index in [0.29, 0.717) is 24.7 Å². The monoisotopic (exact) mass is 318 g/mol. The van der Waals surface area contributed by atoms with E-state index in [1.54, 1.807) is 6.07 Å². The van der Waals surface area contributed by atoms with Gasteiger partial charge in [0.1, 0.15) is 5.82 Å². The highest BCUT2D eigenvalue weighted by atomic mass is 19.1. The number of amides is 1. The third-order valence-corrected chi connectivity index (χ3v) is 5.37. The Labute approximate surface area is 136 Å². The molecule has 2 saturated heterocycles. The van der Waals surface area contributed by atoms with Crippen LogP contribution in [0.4, 0.5) is 4.39 Å². The van der Waals surface area contributed by atoms with Gasteiger partial charge in [0.15, 0.2) is 0 Å². The van der Waals surface area contributed by atoms with Gasteiger partial charge in [0.05, 0.1) is 18.1 Å². The van der Waals surface area contributed by atoms with Crippen LogP contribution in [0.1, 0.15) is 31.2 Å². The molecule has 1 amide bonds. The number of nitrogens with one attached hydrogen (secondary N) is 1. The van der Waals surface area contributed by atoms with E-state index in [1.165, 1.54) is 12.5 Å². The van der Waals surface area contributed by atoms with Gasteiger partial charge < -0.3 is 10.1 Å². The highest BCUT2D eigenvalue weighted by Crippen LogP contribution is 2.33. The number of nitrogens with zero attached hydrogens (tertiary/aromatic N) is 1. The van der Waals surface area contributed by atoms with E-state index < -0.39 is 0 Å². The largest absolute Gasteiger partial charge is 0.371 e. The predicted molar refractivity (Wildman–Crippen MR) is 84.2 cm³/mol. The van der Waals surface area contributed by atoms with E-state index in [0.717, 1.165) is 25.8 Å². The van der Waals surface area contributed by atoms with Gasteiger partial charge in [-0.2, -0.15) is 0 Å². The fourth-order valence-corrected chi connectivity index (χ4v) is 3.87. The SMILES string of the molecule is O=C(NC1CCC1)[C@@H]1C[C@H]2CN(Cc3ccccc3F)C[C@@H]1O2. The minimum absolute atomic E-state index is 0.0498. The summed E-state index contributed by atoms with van der Waals surface area (Å²) in [6, 6.07) is 7.27. The van der Waals surface area contributed by atoms with Crippen LogP contribution in [0.3, 0.4) is 0 Å². The second kappa shape index (κ2) is 6.21. The van der Waals surface area contributed by atoms with Gasteiger partial charge in [-0.3, -0.25) is 9.69 Å². The van der Waals surface area contributed by atoms with E-state index in [1.807, 2.05) is 12.1 Å². The normalized spacial score (nSPS) is 30.9. The molecule has 2 aliphatic heterocycles. The van der Waals surface area contributed by atoms with Crippen molar-refractivity contribution < 1.29 is 13.9 Å². The lowest BCUT2D eigenvalue weighted by atomic mass is 9.91. The molecule has 2 bridgehead atoms. The fourth-order valence-electron chi connectivity index (χ4n) is 3.87. The summed E-state index contributed by atoms with van der Waals surface area (Å²) in [4.78, 5) is 14.7. The quantitative estimate of drug-likeness (QED) is 0.924. The molecule has 1 N–H and O–H groups in total. The number of hydrogen-bond donors (Lipinski definition) is 1. The molecule has 3 aliphatic rings. The molecule has 1 aromatic rings. The summed E-state index contributed by atoms with van der Waals surface area (Å²) in [5.41, 5.74) is 0.712. The molecule has 2 heterocycles. The van der Waals surface area contributed by atoms with Crippen LogP contribution in [-0.2, 0) is 16.1 Å². The van der Waals surface area contributed by atoms with Gasteiger partial charge in [-0.05, 0) is 31.7 Å². The van der Waals surface area contributed by atoms with Crippen LogP contribution < -0.4 is 5.32 Å². The summed E-state index contributed by atoms with van der Waals surface area (Å²) in [5.74, 6) is -0.0632. The highest BCUT2D eigenvalue weighted by molar-refractivity contribution is 5.80. The van der Waals surface area contributed by atoms with Crippen LogP contribution in [0.5, 0.6) is 0 Å². The minimum Gasteiger partial charge on any atom is -0.371 e. The summed E-state index contributed by atoms with van der Waals surface area (Å²) in [6.45, 7) is 2.06. The molecule has 1 aliphatic carbocycles. The first-order valence-electron chi connectivity index (χ1n) is 8.60. The Hall–Kier alpha value is -1.46. The fraction of sp³-hybridized carbons (Fsp3) is 0.611. The van der Waals surface area contributed by atoms with Gasteiger partial charge in [0.25, 0.3) is 0 Å². The lowest BCUT2D eigenvalue weighted by Crippen LogP contribution is -2.47. The van der Waals surface area contributed by atoms with Crippen LogP contribution in [0.15, 0.2) is 24.3 Å². The smallest absolute Gasteiger partial charge is 0.226 e. The third-order valence-electron chi connectivity index (χ3n) is 5.37. The van der Waals surface area contributed by atoms with Gasteiger partial charge in [0, 0.05) is 31.2 Å². The maximum absolute atomic E-state index is 13.8. The Bertz CT molecular complexity index is 590. The number of fused-ring (bicyclic) bond motifs is 2. The van der Waals surface area contributed by atoms with Crippen LogP contribution in [0, 0.1) is 11.7 Å². The van der Waals surface area contributed by atoms with Crippen LogP contribution in [0.25, 0.3) is 0 Å². The number of halogens is 1. The van der Waals surface area contributed by atoms with Crippen molar-refractivity contribution in [1.29, 1.82) is 0 Å². The first kappa shape index (κ1) is 15.1. The van der Waals surface area contributed by atoms with Crippen molar-refractivity contribution in [2.75, 3.05) is 13.1 Å². The maximum atomic E-state index is 13.8. The molecule has 4 nitrogen and oxygen atoms in total. The zero-order valence-corrected chi connectivity index (χ0v) is 13.2. The number of carbonyl (C=O) groups excluding carboxylic acids is 1. The summed E-state index contributed by atoms with van der Waals surface area (Å²) < 4.78 is 19.8. The summed E-state index contributed by atoms with van der Waals surface area (Å²) in [6.07, 6.45) is 4.25. The van der Waals surface area contributed by atoms with E-state index in [4.69, 9.17) is 4.74 Å². The molecule has 5 heteroatoms. The average molecular weight is 318 g/mol.